The molecular weight excluding hydrogens is 190 g/mol. The Morgan fingerprint density at radius 1 is 1.11 bits per heavy atom. The van der Waals surface area contributed by atoms with Crippen molar-refractivity contribution in [1.29, 1.82) is 0 Å². The molecule has 9 heavy (non-hydrogen) atoms. The largest absolute Gasteiger partial charge is 0.433 e. The third-order valence-corrected chi connectivity index (χ3v) is 0. The predicted molar refractivity (Wildman–Crippen MR) is 26.2 cm³/mol. The Morgan fingerprint density at radius 3 is 1.11 bits per heavy atom. The van der Waals surface area contributed by atoms with E-state index in [0.717, 1.165) is 4.48 Å². The van der Waals surface area contributed by atoms with E-state index in [4.69, 9.17) is 12.6 Å². The zero-order chi connectivity index (χ0) is 8.08. The quantitative estimate of drug-likeness (QED) is 0.438. The molecule has 0 aliphatic carbocycles. The summed E-state index contributed by atoms with van der Waals surface area (Å²) in [5.74, 6) is 0. The van der Waals surface area contributed by atoms with E-state index >= 15 is 0 Å². The molecule has 0 aliphatic rings. The third kappa shape index (κ3) is 3250. The number of hydrogen-bond acceptors (Lipinski definition) is 3. The van der Waals surface area contributed by atoms with Crippen molar-refractivity contribution >= 4 is 0 Å². The van der Waals surface area contributed by atoms with E-state index < -0.39 is 14.8 Å². The minimum absolute atomic E-state index is 1.00. The van der Waals surface area contributed by atoms with E-state index in [0.29, 0.717) is 0 Å². The van der Waals surface area contributed by atoms with Crippen molar-refractivity contribution in [3.8, 4) is 0 Å². The minimum atomic E-state index is -3.40. The van der Waals surface area contributed by atoms with Crippen LogP contribution in [0.3, 0.4) is 0 Å². The fraction of sp³-hybridized carbons (Fsp3) is 1.00. The molecule has 58 valence electrons. The lowest BCUT2D eigenvalue weighted by Crippen LogP contribution is -2.30. The molecule has 0 fully saturated rings. The first-order valence-corrected chi connectivity index (χ1v) is 4.27. The SMILES string of the molecule is C[N+](C)(C)C.[O-][Br+2]([O-])O. The van der Waals surface area contributed by atoms with Crippen molar-refractivity contribution in [2.75, 3.05) is 28.2 Å². The Labute approximate surface area is 60.8 Å². The van der Waals surface area contributed by atoms with Gasteiger partial charge in [0.2, 0.25) is 0 Å². The van der Waals surface area contributed by atoms with Crippen LogP contribution in [0.1, 0.15) is 0 Å². The van der Waals surface area contributed by atoms with Crippen LogP contribution in [0.15, 0.2) is 0 Å². The number of rotatable bonds is 0. The Balaban J connectivity index is 0. The molecule has 4 nitrogen and oxygen atoms in total. The first kappa shape index (κ1) is 12.0. The van der Waals surface area contributed by atoms with Gasteiger partial charge in [-0.3, -0.25) is 0 Å². The van der Waals surface area contributed by atoms with Gasteiger partial charge in [0.25, 0.3) is 0 Å². The fourth-order valence-corrected chi connectivity index (χ4v) is 0. The summed E-state index contributed by atoms with van der Waals surface area (Å²) in [7, 11) is 8.50. The number of halogens is 1. The summed E-state index contributed by atoms with van der Waals surface area (Å²) in [6.07, 6.45) is 0. The summed E-state index contributed by atoms with van der Waals surface area (Å²) in [5.41, 5.74) is 0. The van der Waals surface area contributed by atoms with Crippen LogP contribution in [0.2, 0.25) is 0 Å². The number of hydrogen-bond donors (Lipinski definition) is 1. The molecule has 0 saturated carbocycles. The standard InChI is InChI=1S/C4H12N.BrHO3/c1-5(2,3)4;2-1(3)4/h1-4H3;2H/q+1;. The molecule has 1 N–H and O–H groups in total. The van der Waals surface area contributed by atoms with Crippen LogP contribution in [-0.2, 0) is 0 Å². The monoisotopic (exact) mass is 202 g/mol. The van der Waals surface area contributed by atoms with Crippen LogP contribution < -0.4 is 8.40 Å². The highest BCUT2D eigenvalue weighted by atomic mass is 80.0. The van der Waals surface area contributed by atoms with Crippen molar-refractivity contribution < 1.29 is 31.9 Å². The summed E-state index contributed by atoms with van der Waals surface area (Å²) >= 11 is -3.40. The summed E-state index contributed by atoms with van der Waals surface area (Å²) in [6, 6.07) is 0. The molecule has 0 rings (SSSR count). The van der Waals surface area contributed by atoms with E-state index in [1.54, 1.807) is 0 Å². The van der Waals surface area contributed by atoms with Gasteiger partial charge in [-0.2, -0.15) is 0 Å². The van der Waals surface area contributed by atoms with E-state index in [9.17, 15) is 0 Å². The molecule has 5 heteroatoms. The maximum atomic E-state index is 8.63. The van der Waals surface area contributed by atoms with Gasteiger partial charge in [-0.1, -0.05) is 0 Å². The first-order valence-electron chi connectivity index (χ1n) is 2.27. The van der Waals surface area contributed by atoms with Gasteiger partial charge >= 0.3 is 14.8 Å². The van der Waals surface area contributed by atoms with Gasteiger partial charge in [-0.15, -0.1) is 0 Å². The maximum Gasteiger partial charge on any atom is 0.433 e. The second-order valence-electron chi connectivity index (χ2n) is 2.88. The molecule has 0 amide bonds. The smallest absolute Gasteiger partial charge is 0.372 e. The molecule has 0 heterocycles. The minimum Gasteiger partial charge on any atom is -0.372 e. The number of nitrogens with zero attached hydrogens (tertiary/aromatic N) is 1. The normalized spacial score (nSPS) is 10.7. The van der Waals surface area contributed by atoms with Crippen molar-refractivity contribution in [3.63, 3.8) is 0 Å². The second kappa shape index (κ2) is 5.13. The van der Waals surface area contributed by atoms with E-state index in [1.807, 2.05) is 0 Å². The average molecular weight is 203 g/mol. The van der Waals surface area contributed by atoms with E-state index in [1.165, 1.54) is 0 Å². The summed E-state index contributed by atoms with van der Waals surface area (Å²) < 4.78 is 25.3. The van der Waals surface area contributed by atoms with Gasteiger partial charge in [0.05, 0.1) is 28.2 Å². The maximum absolute atomic E-state index is 8.63. The third-order valence-electron chi connectivity index (χ3n) is 0. The molecule has 0 atom stereocenters. The van der Waals surface area contributed by atoms with E-state index in [2.05, 4.69) is 28.2 Å². The molecule has 0 aromatic carbocycles. The topological polar surface area (TPSA) is 66.3 Å². The van der Waals surface area contributed by atoms with Gasteiger partial charge in [0.1, 0.15) is 0 Å². The highest BCUT2D eigenvalue weighted by Crippen LogP contribution is 1.73. The van der Waals surface area contributed by atoms with Crippen molar-refractivity contribution in [3.05, 3.63) is 0 Å². The van der Waals surface area contributed by atoms with Gasteiger partial charge in [0.15, 0.2) is 0 Å². The van der Waals surface area contributed by atoms with Gasteiger partial charge in [0, 0.05) is 0 Å². The Morgan fingerprint density at radius 2 is 1.11 bits per heavy atom. The first-order chi connectivity index (χ1) is 3.73. The molecule has 0 saturated heterocycles. The highest BCUT2D eigenvalue weighted by Gasteiger charge is 1.88. The Bertz CT molecular complexity index is 52.6. The predicted octanol–water partition coefficient (Wildman–Crippen LogP) is -2.61. The molecule has 0 spiro atoms. The molecule has 0 unspecified atom stereocenters. The Hall–Kier alpha value is 0.320. The Kier molecular flexibility index (Phi) is 6.87. The van der Waals surface area contributed by atoms with Crippen LogP contribution in [0, 0.1) is 14.8 Å². The number of quaternary nitrogens is 1. The van der Waals surface area contributed by atoms with Crippen LogP contribution in [-0.4, -0.2) is 36.9 Å². The van der Waals surface area contributed by atoms with Crippen molar-refractivity contribution in [2.45, 2.75) is 0 Å². The molecule has 0 aliphatic heterocycles. The lowest BCUT2D eigenvalue weighted by Gasteiger charge is -2.14. The van der Waals surface area contributed by atoms with Gasteiger partial charge < -0.3 is 12.9 Å². The summed E-state index contributed by atoms with van der Waals surface area (Å²) in [6.45, 7) is 0. The van der Waals surface area contributed by atoms with Gasteiger partial charge in [-0.25, -0.2) is 0 Å². The zero-order valence-corrected chi connectivity index (χ0v) is 7.67. The van der Waals surface area contributed by atoms with Crippen LogP contribution in [0.4, 0.5) is 0 Å². The summed E-state index contributed by atoms with van der Waals surface area (Å²) in [5, 5.41) is 0. The molecule has 0 aromatic heterocycles. The fourth-order valence-electron chi connectivity index (χ4n) is 0. The van der Waals surface area contributed by atoms with Crippen molar-refractivity contribution in [1.82, 2.24) is 0 Å². The lowest BCUT2D eigenvalue weighted by molar-refractivity contribution is -1.63. The van der Waals surface area contributed by atoms with Crippen LogP contribution in [0.25, 0.3) is 0 Å². The molecule has 0 radical (unpaired) electrons. The van der Waals surface area contributed by atoms with Crippen molar-refractivity contribution in [2.24, 2.45) is 0 Å². The van der Waals surface area contributed by atoms with E-state index in [-0.39, 0.29) is 0 Å². The van der Waals surface area contributed by atoms with Gasteiger partial charge in [-0.05, 0) is 4.20 Å². The molecule has 0 bridgehead atoms. The molecule has 0 aromatic rings. The average Bonchev–Trinajstić information content (AvgIpc) is 1.19. The van der Waals surface area contributed by atoms with Crippen LogP contribution in [0.5, 0.6) is 0 Å². The highest BCUT2D eigenvalue weighted by molar-refractivity contribution is 3.87. The summed E-state index contributed by atoms with van der Waals surface area (Å²) in [4.78, 5) is 0. The molecular formula is C4H13BrNO3+. The van der Waals surface area contributed by atoms with Crippen LogP contribution >= 0.6 is 0 Å². The zero-order valence-electron chi connectivity index (χ0n) is 6.09. The lowest BCUT2D eigenvalue weighted by atomic mass is 10.8. The second-order valence-corrected chi connectivity index (χ2v) is 3.73.